The van der Waals surface area contributed by atoms with E-state index in [9.17, 15) is 9.18 Å². The summed E-state index contributed by atoms with van der Waals surface area (Å²) in [7, 11) is 1.58. The van der Waals surface area contributed by atoms with E-state index in [0.29, 0.717) is 11.4 Å². The number of ether oxygens (including phenoxy) is 1. The van der Waals surface area contributed by atoms with Gasteiger partial charge in [-0.1, -0.05) is 0 Å². The minimum absolute atomic E-state index is 0.0271. The van der Waals surface area contributed by atoms with Gasteiger partial charge in [0.2, 0.25) is 0 Å². The van der Waals surface area contributed by atoms with Crippen LogP contribution in [-0.2, 0) is 0 Å². The summed E-state index contributed by atoms with van der Waals surface area (Å²) in [6, 6.07) is 7.89. The number of hydrogen-bond donors (Lipinski definition) is 4. The fourth-order valence-electron chi connectivity index (χ4n) is 2.65. The Labute approximate surface area is 167 Å². The second-order valence-corrected chi connectivity index (χ2v) is 6.78. The third kappa shape index (κ3) is 4.52. The summed E-state index contributed by atoms with van der Waals surface area (Å²) in [5.74, 6) is -0.709. The normalized spacial score (nSPS) is 13.0. The Balaban J connectivity index is 1.98. The predicted molar refractivity (Wildman–Crippen MR) is 111 cm³/mol. The highest BCUT2D eigenvalue weighted by atomic mass is 19.1. The van der Waals surface area contributed by atoms with Crippen molar-refractivity contribution in [2.24, 2.45) is 11.5 Å². The number of halogens is 1. The van der Waals surface area contributed by atoms with Gasteiger partial charge in [-0.3, -0.25) is 9.78 Å². The van der Waals surface area contributed by atoms with Crippen LogP contribution in [0.25, 0.3) is 10.9 Å². The second-order valence-electron chi connectivity index (χ2n) is 6.78. The molecule has 0 saturated carbocycles. The number of primary amides is 1. The monoisotopic (exact) mass is 398 g/mol. The van der Waals surface area contributed by atoms with Crippen LogP contribution in [-0.4, -0.2) is 35.1 Å². The van der Waals surface area contributed by atoms with E-state index in [2.05, 4.69) is 20.6 Å². The zero-order chi connectivity index (χ0) is 21.1. The molecular formula is C20H23FN6O2. The van der Waals surface area contributed by atoms with Gasteiger partial charge < -0.3 is 26.8 Å². The first-order chi connectivity index (χ1) is 13.8. The number of amides is 1. The molecule has 6 N–H and O–H groups in total. The lowest BCUT2D eigenvalue weighted by Gasteiger charge is -2.20. The van der Waals surface area contributed by atoms with Crippen molar-refractivity contribution in [3.05, 3.63) is 47.9 Å². The number of nitrogens with two attached hydrogens (primary N) is 2. The van der Waals surface area contributed by atoms with Crippen LogP contribution < -0.4 is 26.8 Å². The molecule has 0 aliphatic heterocycles. The number of pyridine rings is 2. The molecule has 0 fully saturated rings. The third-order valence-corrected chi connectivity index (χ3v) is 4.55. The first-order valence-electron chi connectivity index (χ1n) is 9.01. The Morgan fingerprint density at radius 1 is 1.21 bits per heavy atom. The molecule has 2 atom stereocenters. The van der Waals surface area contributed by atoms with E-state index in [0.717, 1.165) is 17.0 Å². The highest BCUT2D eigenvalue weighted by Crippen LogP contribution is 2.26. The Morgan fingerprint density at radius 2 is 1.97 bits per heavy atom. The van der Waals surface area contributed by atoms with Crippen molar-refractivity contribution in [3.63, 3.8) is 0 Å². The lowest BCUT2D eigenvalue weighted by molar-refractivity contribution is 0.100. The summed E-state index contributed by atoms with van der Waals surface area (Å²) in [5.41, 5.74) is 12.5. The summed E-state index contributed by atoms with van der Waals surface area (Å²) in [4.78, 5) is 20.4. The predicted octanol–water partition coefficient (Wildman–Crippen LogP) is 2.77. The van der Waals surface area contributed by atoms with Gasteiger partial charge in [-0.15, -0.1) is 0 Å². The number of methoxy groups -OCH3 is 1. The van der Waals surface area contributed by atoms with Crippen LogP contribution in [0.2, 0.25) is 0 Å². The van der Waals surface area contributed by atoms with Gasteiger partial charge in [0.15, 0.2) is 11.6 Å². The first kappa shape index (κ1) is 20.3. The zero-order valence-electron chi connectivity index (χ0n) is 16.4. The molecule has 152 valence electrons. The van der Waals surface area contributed by atoms with E-state index in [1.165, 1.54) is 0 Å². The number of nitrogens with one attached hydrogen (secondary N) is 2. The van der Waals surface area contributed by atoms with Crippen LogP contribution in [0.5, 0.6) is 5.75 Å². The number of carbonyl (C=O) groups is 1. The zero-order valence-corrected chi connectivity index (χ0v) is 16.4. The Kier molecular flexibility index (Phi) is 5.79. The Hall–Kier alpha value is -3.46. The van der Waals surface area contributed by atoms with Crippen LogP contribution in [0, 0.1) is 5.82 Å². The highest BCUT2D eigenvalue weighted by Gasteiger charge is 2.18. The molecule has 9 heteroatoms. The van der Waals surface area contributed by atoms with Gasteiger partial charge in [0.1, 0.15) is 11.6 Å². The lowest BCUT2D eigenvalue weighted by Crippen LogP contribution is -2.35. The topological polar surface area (TPSA) is 128 Å². The Morgan fingerprint density at radius 3 is 2.62 bits per heavy atom. The molecule has 0 saturated heterocycles. The second kappa shape index (κ2) is 8.27. The SMILES string of the molecule is COc1ccc2cc(Nc3nc(NC(C)[C@H](C)N)c(F)cc3C(N)=O)cnc2c1. The molecule has 29 heavy (non-hydrogen) atoms. The Bertz CT molecular complexity index is 1060. The van der Waals surface area contributed by atoms with Gasteiger partial charge in [0, 0.05) is 23.5 Å². The van der Waals surface area contributed by atoms with Gasteiger partial charge in [-0.25, -0.2) is 9.37 Å². The number of nitrogens with zero attached hydrogens (tertiary/aromatic N) is 2. The fraction of sp³-hybridized carbons (Fsp3) is 0.250. The maximum atomic E-state index is 14.4. The molecule has 3 rings (SSSR count). The van der Waals surface area contributed by atoms with Crippen LogP contribution in [0.15, 0.2) is 36.5 Å². The van der Waals surface area contributed by atoms with Crippen molar-refractivity contribution in [1.82, 2.24) is 9.97 Å². The molecule has 3 aromatic rings. The molecule has 1 amide bonds. The maximum absolute atomic E-state index is 14.4. The molecule has 0 bridgehead atoms. The van der Waals surface area contributed by atoms with Crippen LogP contribution >= 0.6 is 0 Å². The largest absolute Gasteiger partial charge is 0.497 e. The summed E-state index contributed by atoms with van der Waals surface area (Å²) in [5, 5.41) is 6.76. The van der Waals surface area contributed by atoms with Gasteiger partial charge in [-0.05, 0) is 38.1 Å². The minimum Gasteiger partial charge on any atom is -0.497 e. The molecular weight excluding hydrogens is 375 g/mol. The number of anilines is 3. The summed E-state index contributed by atoms with van der Waals surface area (Å²) in [6.07, 6.45) is 1.58. The van der Waals surface area contributed by atoms with E-state index in [1.54, 1.807) is 20.2 Å². The maximum Gasteiger partial charge on any atom is 0.252 e. The molecule has 0 aliphatic rings. The standard InChI is InChI=1S/C20H23FN6O2/c1-10(22)11(2)25-20-16(21)8-15(18(23)28)19(27-20)26-13-6-12-4-5-14(29-3)7-17(12)24-9-13/h4-11H,22H2,1-3H3,(H2,23,28)(H2,25,26,27)/t10-,11?/m0/s1. The molecule has 0 aliphatic carbocycles. The minimum atomic E-state index is -0.802. The van der Waals surface area contributed by atoms with Crippen molar-refractivity contribution in [2.45, 2.75) is 25.9 Å². The van der Waals surface area contributed by atoms with Crippen molar-refractivity contribution in [1.29, 1.82) is 0 Å². The van der Waals surface area contributed by atoms with Crippen LogP contribution in [0.1, 0.15) is 24.2 Å². The van der Waals surface area contributed by atoms with Gasteiger partial charge >= 0.3 is 0 Å². The first-order valence-corrected chi connectivity index (χ1v) is 9.01. The molecule has 1 aromatic carbocycles. The van der Waals surface area contributed by atoms with E-state index in [4.69, 9.17) is 16.2 Å². The molecule has 1 unspecified atom stereocenters. The number of aromatic nitrogens is 2. The van der Waals surface area contributed by atoms with E-state index in [1.807, 2.05) is 31.2 Å². The van der Waals surface area contributed by atoms with Crippen molar-refractivity contribution < 1.29 is 13.9 Å². The van der Waals surface area contributed by atoms with E-state index in [-0.39, 0.29) is 29.3 Å². The van der Waals surface area contributed by atoms with Crippen molar-refractivity contribution >= 4 is 34.1 Å². The average molecular weight is 398 g/mol. The molecule has 2 aromatic heterocycles. The third-order valence-electron chi connectivity index (χ3n) is 4.55. The quantitative estimate of drug-likeness (QED) is 0.482. The highest BCUT2D eigenvalue weighted by molar-refractivity contribution is 5.99. The van der Waals surface area contributed by atoms with Crippen LogP contribution in [0.4, 0.5) is 21.7 Å². The van der Waals surface area contributed by atoms with Gasteiger partial charge in [0.05, 0.1) is 30.1 Å². The summed E-state index contributed by atoms with van der Waals surface area (Å²) in [6.45, 7) is 3.60. The van der Waals surface area contributed by atoms with Gasteiger partial charge in [-0.2, -0.15) is 0 Å². The average Bonchev–Trinajstić information content (AvgIpc) is 2.69. The number of carbonyl (C=O) groups excluding carboxylic acids is 1. The number of hydrogen-bond acceptors (Lipinski definition) is 7. The molecule has 8 nitrogen and oxygen atoms in total. The number of fused-ring (bicyclic) bond motifs is 1. The van der Waals surface area contributed by atoms with E-state index >= 15 is 0 Å². The fourth-order valence-corrected chi connectivity index (χ4v) is 2.65. The van der Waals surface area contributed by atoms with Crippen molar-refractivity contribution in [3.8, 4) is 5.75 Å². The lowest BCUT2D eigenvalue weighted by atomic mass is 10.1. The molecule has 0 radical (unpaired) electrons. The van der Waals surface area contributed by atoms with Crippen LogP contribution in [0.3, 0.4) is 0 Å². The van der Waals surface area contributed by atoms with Gasteiger partial charge in [0.25, 0.3) is 5.91 Å². The smallest absolute Gasteiger partial charge is 0.252 e. The number of benzene rings is 1. The van der Waals surface area contributed by atoms with Crippen molar-refractivity contribution in [2.75, 3.05) is 17.7 Å². The van der Waals surface area contributed by atoms with E-state index < -0.39 is 11.7 Å². The summed E-state index contributed by atoms with van der Waals surface area (Å²) >= 11 is 0. The summed E-state index contributed by atoms with van der Waals surface area (Å²) < 4.78 is 19.6. The molecule has 2 heterocycles. The number of rotatable bonds is 7. The molecule has 0 spiro atoms.